The third-order valence-corrected chi connectivity index (χ3v) is 4.52. The number of aryl methyl sites for hydroxylation is 2. The first-order valence-corrected chi connectivity index (χ1v) is 9.39. The van der Waals surface area contributed by atoms with Crippen LogP contribution in [0.4, 0.5) is 4.39 Å². The molecular weight excluding hydrogens is 359 g/mol. The molecule has 0 aliphatic carbocycles. The van der Waals surface area contributed by atoms with Gasteiger partial charge in [0, 0.05) is 20.8 Å². The third kappa shape index (κ3) is 7.38. The molecule has 0 saturated heterocycles. The molecule has 2 rings (SSSR count). The van der Waals surface area contributed by atoms with Crippen LogP contribution in [0.15, 0.2) is 48.5 Å². The van der Waals surface area contributed by atoms with E-state index in [9.17, 15) is 9.18 Å². The number of carbonyl (C=O) groups is 1. The van der Waals surface area contributed by atoms with Gasteiger partial charge in [0.25, 0.3) is 0 Å². The van der Waals surface area contributed by atoms with Gasteiger partial charge in [-0.25, -0.2) is 4.39 Å². The van der Waals surface area contributed by atoms with Gasteiger partial charge in [-0.3, -0.25) is 10.1 Å². The lowest BCUT2D eigenvalue weighted by Crippen LogP contribution is -2.50. The Morgan fingerprint density at radius 3 is 2.36 bits per heavy atom. The fraction of sp³-hybridized carbons (Fsp3) is 0.409. The minimum absolute atomic E-state index is 0.138. The number of ether oxygens (including phenoxy) is 2. The van der Waals surface area contributed by atoms with Gasteiger partial charge in [-0.15, -0.1) is 0 Å². The molecule has 0 aliphatic rings. The van der Waals surface area contributed by atoms with E-state index in [1.54, 1.807) is 26.4 Å². The monoisotopic (exact) mass is 388 g/mol. The molecule has 0 heterocycles. The topological polar surface area (TPSA) is 59.6 Å². The molecule has 28 heavy (non-hydrogen) atoms. The van der Waals surface area contributed by atoms with Crippen LogP contribution in [-0.4, -0.2) is 39.0 Å². The van der Waals surface area contributed by atoms with Gasteiger partial charge in [-0.1, -0.05) is 36.4 Å². The Morgan fingerprint density at radius 1 is 1.04 bits per heavy atom. The maximum Gasteiger partial charge on any atom is 0.239 e. The Morgan fingerprint density at radius 2 is 1.71 bits per heavy atom. The van der Waals surface area contributed by atoms with Crippen molar-refractivity contribution in [3.05, 3.63) is 71.0 Å². The van der Waals surface area contributed by atoms with E-state index in [-0.39, 0.29) is 24.6 Å². The highest BCUT2D eigenvalue weighted by molar-refractivity contribution is 5.81. The molecule has 2 atom stereocenters. The van der Waals surface area contributed by atoms with Crippen molar-refractivity contribution in [2.45, 2.75) is 38.6 Å². The van der Waals surface area contributed by atoms with Crippen LogP contribution in [0.3, 0.4) is 0 Å². The van der Waals surface area contributed by atoms with E-state index in [2.05, 4.69) is 10.6 Å². The van der Waals surface area contributed by atoms with Crippen molar-refractivity contribution in [3.63, 3.8) is 0 Å². The van der Waals surface area contributed by atoms with Crippen molar-refractivity contribution in [1.82, 2.24) is 10.6 Å². The predicted molar refractivity (Wildman–Crippen MR) is 107 cm³/mol. The molecular formula is C22H29FN2O3. The Bertz CT molecular complexity index is 737. The quantitative estimate of drug-likeness (QED) is 0.581. The summed E-state index contributed by atoms with van der Waals surface area (Å²) < 4.78 is 23.5. The number of carbonyl (C=O) groups excluding carboxylic acids is 1. The molecule has 2 N–H and O–H groups in total. The van der Waals surface area contributed by atoms with Crippen molar-refractivity contribution in [1.29, 1.82) is 0 Å². The summed E-state index contributed by atoms with van der Waals surface area (Å²) in [4.78, 5) is 12.4. The summed E-state index contributed by atoms with van der Waals surface area (Å²) in [6, 6.07) is 14.3. The second kappa shape index (κ2) is 11.5. The number of hydrogen-bond acceptors (Lipinski definition) is 4. The molecule has 2 aromatic rings. The van der Waals surface area contributed by atoms with Gasteiger partial charge in [0.1, 0.15) is 18.1 Å². The zero-order valence-corrected chi connectivity index (χ0v) is 16.7. The van der Waals surface area contributed by atoms with Crippen LogP contribution in [0.5, 0.6) is 0 Å². The van der Waals surface area contributed by atoms with E-state index in [1.165, 1.54) is 11.6 Å². The summed E-state index contributed by atoms with van der Waals surface area (Å²) in [5, 5.41) is 5.98. The van der Waals surface area contributed by atoms with Gasteiger partial charge in [-0.2, -0.15) is 0 Å². The van der Waals surface area contributed by atoms with Crippen LogP contribution in [0.1, 0.15) is 23.6 Å². The highest BCUT2D eigenvalue weighted by Crippen LogP contribution is 2.10. The lowest BCUT2D eigenvalue weighted by atomic mass is 10.0. The molecule has 0 bridgehead atoms. The smallest absolute Gasteiger partial charge is 0.239 e. The van der Waals surface area contributed by atoms with Crippen molar-refractivity contribution in [2.75, 3.05) is 20.8 Å². The SMILES string of the molecule is COCC(NC(C)OC)C(=O)NCc1ccc(CCc2cccc(F)c2)cc1. The standard InChI is InChI=1S/C22H29FN2O3/c1-16(28-3)25-21(15-27-2)22(26)24-14-19-11-8-17(9-12-19)7-10-18-5-4-6-20(23)13-18/h4-6,8-9,11-13,16,21,25H,7,10,14-15H2,1-3H3,(H,24,26). The zero-order valence-electron chi connectivity index (χ0n) is 16.7. The maximum absolute atomic E-state index is 13.2. The van der Waals surface area contributed by atoms with Crippen LogP contribution in [0, 0.1) is 5.82 Å². The minimum Gasteiger partial charge on any atom is -0.383 e. The van der Waals surface area contributed by atoms with E-state index < -0.39 is 6.04 Å². The molecule has 0 fully saturated rings. The molecule has 2 unspecified atom stereocenters. The van der Waals surface area contributed by atoms with Gasteiger partial charge in [0.05, 0.1) is 6.61 Å². The summed E-state index contributed by atoms with van der Waals surface area (Å²) in [6.07, 6.45) is 1.38. The highest BCUT2D eigenvalue weighted by atomic mass is 19.1. The average Bonchev–Trinajstić information content (AvgIpc) is 2.70. The molecule has 0 spiro atoms. The number of nitrogens with one attached hydrogen (secondary N) is 2. The van der Waals surface area contributed by atoms with E-state index in [4.69, 9.17) is 9.47 Å². The van der Waals surface area contributed by atoms with Crippen LogP contribution >= 0.6 is 0 Å². The van der Waals surface area contributed by atoms with Gasteiger partial charge in [0.15, 0.2) is 0 Å². The number of hydrogen-bond donors (Lipinski definition) is 2. The molecule has 0 radical (unpaired) electrons. The molecule has 6 heteroatoms. The van der Waals surface area contributed by atoms with Crippen LogP contribution in [0.2, 0.25) is 0 Å². The average molecular weight is 388 g/mol. The van der Waals surface area contributed by atoms with E-state index in [0.717, 1.165) is 24.0 Å². The number of methoxy groups -OCH3 is 2. The molecule has 152 valence electrons. The van der Waals surface area contributed by atoms with Crippen LogP contribution < -0.4 is 10.6 Å². The molecule has 1 amide bonds. The largest absolute Gasteiger partial charge is 0.383 e. The fourth-order valence-corrected chi connectivity index (χ4v) is 2.83. The summed E-state index contributed by atoms with van der Waals surface area (Å²) in [5.41, 5.74) is 3.17. The molecule has 2 aromatic carbocycles. The van der Waals surface area contributed by atoms with Crippen molar-refractivity contribution < 1.29 is 18.7 Å². The zero-order chi connectivity index (χ0) is 20.4. The molecule has 0 aromatic heterocycles. The van der Waals surface area contributed by atoms with Gasteiger partial charge in [-0.05, 0) is 48.6 Å². The number of halogens is 1. The normalized spacial score (nSPS) is 13.1. The Kier molecular flexibility index (Phi) is 9.07. The number of benzene rings is 2. The summed E-state index contributed by atoms with van der Waals surface area (Å²) in [6.45, 7) is 2.53. The summed E-state index contributed by atoms with van der Waals surface area (Å²) >= 11 is 0. The van der Waals surface area contributed by atoms with Crippen LogP contribution in [0.25, 0.3) is 0 Å². The molecule has 0 saturated carbocycles. The second-order valence-corrected chi connectivity index (χ2v) is 6.72. The van der Waals surface area contributed by atoms with E-state index in [0.29, 0.717) is 6.54 Å². The minimum atomic E-state index is -0.481. The summed E-state index contributed by atoms with van der Waals surface area (Å²) in [5.74, 6) is -0.342. The summed E-state index contributed by atoms with van der Waals surface area (Å²) in [7, 11) is 3.14. The first-order valence-electron chi connectivity index (χ1n) is 9.39. The van der Waals surface area contributed by atoms with Crippen LogP contribution in [-0.2, 0) is 33.7 Å². The lowest BCUT2D eigenvalue weighted by Gasteiger charge is -2.21. The first kappa shape index (κ1) is 22.0. The number of amides is 1. The van der Waals surface area contributed by atoms with Gasteiger partial charge >= 0.3 is 0 Å². The number of rotatable bonds is 11. The Labute approximate surface area is 166 Å². The van der Waals surface area contributed by atoms with Crippen molar-refractivity contribution in [3.8, 4) is 0 Å². The van der Waals surface area contributed by atoms with Gasteiger partial charge in [0.2, 0.25) is 5.91 Å². The first-order chi connectivity index (χ1) is 13.5. The fourth-order valence-electron chi connectivity index (χ4n) is 2.83. The predicted octanol–water partition coefficient (Wildman–Crippen LogP) is 2.82. The Hall–Kier alpha value is -2.28. The third-order valence-electron chi connectivity index (χ3n) is 4.52. The van der Waals surface area contributed by atoms with Gasteiger partial charge < -0.3 is 14.8 Å². The Balaban J connectivity index is 1.83. The van der Waals surface area contributed by atoms with E-state index in [1.807, 2.05) is 37.3 Å². The second-order valence-electron chi connectivity index (χ2n) is 6.72. The molecule has 0 aliphatic heterocycles. The molecule has 5 nitrogen and oxygen atoms in total. The lowest BCUT2D eigenvalue weighted by molar-refractivity contribution is -0.125. The maximum atomic E-state index is 13.2. The van der Waals surface area contributed by atoms with Crippen molar-refractivity contribution >= 4 is 5.91 Å². The van der Waals surface area contributed by atoms with E-state index >= 15 is 0 Å². The highest BCUT2D eigenvalue weighted by Gasteiger charge is 2.19. The van der Waals surface area contributed by atoms with Crippen molar-refractivity contribution in [2.24, 2.45) is 0 Å².